The molecule has 2 aromatic heterocycles. The maximum absolute atomic E-state index is 12.0. The number of benzene rings is 1. The predicted octanol–water partition coefficient (Wildman–Crippen LogP) is 0.837. The van der Waals surface area contributed by atoms with Gasteiger partial charge in [0, 0.05) is 18.1 Å². The molecule has 0 spiro atoms. The highest BCUT2D eigenvalue weighted by atomic mass is 35.5. The minimum absolute atomic E-state index is 0.315. The molecule has 1 aromatic carbocycles. The molecule has 2 heterocycles. The van der Waals surface area contributed by atoms with Gasteiger partial charge in [0.2, 0.25) is 0 Å². The van der Waals surface area contributed by atoms with Crippen molar-refractivity contribution in [2.45, 2.75) is 0 Å². The van der Waals surface area contributed by atoms with Crippen LogP contribution in [-0.4, -0.2) is 19.0 Å². The Morgan fingerprint density at radius 2 is 1.74 bits per heavy atom. The van der Waals surface area contributed by atoms with Gasteiger partial charge >= 0.3 is 5.69 Å². The van der Waals surface area contributed by atoms with Crippen molar-refractivity contribution in [3.8, 4) is 5.69 Å². The molecular weight excluding hydrogens is 268 g/mol. The largest absolute Gasteiger partial charge is 0.365 e. The molecule has 0 aliphatic rings. The van der Waals surface area contributed by atoms with Crippen molar-refractivity contribution in [2.24, 2.45) is 7.05 Å². The van der Waals surface area contributed by atoms with E-state index in [0.717, 1.165) is 0 Å². The van der Waals surface area contributed by atoms with Gasteiger partial charge in [0.05, 0.1) is 5.69 Å². The number of hydrogen-bond acceptors (Lipinski definition) is 3. The molecule has 0 aliphatic carbocycles. The molecule has 0 N–H and O–H groups in total. The highest BCUT2D eigenvalue weighted by Gasteiger charge is 2.10. The molecule has 0 radical (unpaired) electrons. The summed E-state index contributed by atoms with van der Waals surface area (Å²) in [6.45, 7) is 0. The van der Waals surface area contributed by atoms with Crippen molar-refractivity contribution < 1.29 is 0 Å². The number of nitrogens with zero attached hydrogens (tertiary/aromatic N) is 4. The Labute approximate surface area is 112 Å². The molecule has 0 fully saturated rings. The number of aryl methyl sites for hydroxylation is 1. The molecule has 0 unspecified atom stereocenters. The van der Waals surface area contributed by atoms with E-state index in [1.54, 1.807) is 24.3 Å². The van der Waals surface area contributed by atoms with Crippen LogP contribution in [-0.2, 0) is 7.05 Å². The molecule has 0 atom stereocenters. The van der Waals surface area contributed by atoms with Crippen molar-refractivity contribution >= 4 is 17.2 Å². The molecule has 6 nitrogen and oxygen atoms in total. The zero-order chi connectivity index (χ0) is 13.6. The van der Waals surface area contributed by atoms with Gasteiger partial charge in [-0.2, -0.15) is 4.52 Å². The number of fused-ring (bicyclic) bond motifs is 1. The molecule has 19 heavy (non-hydrogen) atoms. The van der Waals surface area contributed by atoms with Gasteiger partial charge in [-0.25, -0.2) is 14.2 Å². The standard InChI is InChI=1S/C12H9ClN4O2/c1-15-12(19)17-10(14-15)6-7-11(18)16(17)9-4-2-8(13)3-5-9/h2-7H,1H3. The minimum atomic E-state index is -0.386. The Bertz CT molecular complexity index is 873. The first kappa shape index (κ1) is 11.7. The SMILES string of the molecule is Cn1nc2ccc(=O)n(-c3ccc(Cl)cc3)n2c1=O. The van der Waals surface area contributed by atoms with Gasteiger partial charge in [-0.05, 0) is 30.3 Å². The molecule has 0 saturated heterocycles. The molecular formula is C12H9ClN4O2. The second-order valence-electron chi connectivity index (χ2n) is 4.04. The van der Waals surface area contributed by atoms with Crippen LogP contribution < -0.4 is 11.2 Å². The molecule has 0 saturated carbocycles. The normalized spacial score (nSPS) is 11.1. The lowest BCUT2D eigenvalue weighted by Gasteiger charge is -2.07. The third kappa shape index (κ3) is 1.77. The van der Waals surface area contributed by atoms with E-state index in [-0.39, 0.29) is 11.2 Å². The van der Waals surface area contributed by atoms with Crippen LogP contribution in [0.25, 0.3) is 11.3 Å². The predicted molar refractivity (Wildman–Crippen MR) is 71.0 cm³/mol. The summed E-state index contributed by atoms with van der Waals surface area (Å²) in [5, 5.41) is 4.60. The lowest BCUT2D eigenvalue weighted by molar-refractivity contribution is 0.673. The van der Waals surface area contributed by atoms with Gasteiger partial charge in [0.25, 0.3) is 5.56 Å². The summed E-state index contributed by atoms with van der Waals surface area (Å²) in [7, 11) is 1.53. The molecule has 0 bridgehead atoms. The first-order chi connectivity index (χ1) is 9.08. The van der Waals surface area contributed by atoms with Crippen molar-refractivity contribution in [1.29, 1.82) is 0 Å². The zero-order valence-electron chi connectivity index (χ0n) is 9.95. The molecule has 0 amide bonds. The van der Waals surface area contributed by atoms with E-state index in [2.05, 4.69) is 5.10 Å². The van der Waals surface area contributed by atoms with Crippen LogP contribution in [0.3, 0.4) is 0 Å². The van der Waals surface area contributed by atoms with Crippen molar-refractivity contribution in [3.05, 3.63) is 62.3 Å². The monoisotopic (exact) mass is 276 g/mol. The second kappa shape index (κ2) is 4.10. The van der Waals surface area contributed by atoms with Crippen molar-refractivity contribution in [3.63, 3.8) is 0 Å². The summed E-state index contributed by atoms with van der Waals surface area (Å²) in [6.07, 6.45) is 0. The summed E-state index contributed by atoms with van der Waals surface area (Å²) in [5.41, 5.74) is 0.254. The summed E-state index contributed by atoms with van der Waals surface area (Å²) in [4.78, 5) is 24.0. The van der Waals surface area contributed by atoms with Crippen LogP contribution in [0.2, 0.25) is 5.02 Å². The lowest BCUT2D eigenvalue weighted by Crippen LogP contribution is -2.31. The Hall–Kier alpha value is -2.34. The average molecular weight is 277 g/mol. The molecule has 96 valence electrons. The summed E-state index contributed by atoms with van der Waals surface area (Å²) >= 11 is 5.82. The number of hydrogen-bond donors (Lipinski definition) is 0. The van der Waals surface area contributed by atoms with E-state index in [9.17, 15) is 9.59 Å². The summed E-state index contributed by atoms with van der Waals surface area (Å²) < 4.78 is 3.67. The van der Waals surface area contributed by atoms with Crippen LogP contribution in [0, 0.1) is 0 Å². The van der Waals surface area contributed by atoms with E-state index < -0.39 is 0 Å². The Balaban J connectivity index is 2.46. The smallest absolute Gasteiger partial charge is 0.267 e. The zero-order valence-corrected chi connectivity index (χ0v) is 10.7. The molecule has 0 aliphatic heterocycles. The van der Waals surface area contributed by atoms with Gasteiger partial charge in [-0.15, -0.1) is 5.10 Å². The van der Waals surface area contributed by atoms with Crippen molar-refractivity contribution in [2.75, 3.05) is 0 Å². The second-order valence-corrected chi connectivity index (χ2v) is 4.47. The lowest BCUT2D eigenvalue weighted by atomic mass is 10.3. The third-order valence-electron chi connectivity index (χ3n) is 2.78. The topological polar surface area (TPSA) is 61.3 Å². The van der Waals surface area contributed by atoms with E-state index in [1.165, 1.54) is 33.1 Å². The first-order valence-corrected chi connectivity index (χ1v) is 5.90. The maximum atomic E-state index is 12.0. The fourth-order valence-corrected chi connectivity index (χ4v) is 2.03. The van der Waals surface area contributed by atoms with Crippen LogP contribution in [0.15, 0.2) is 46.0 Å². The minimum Gasteiger partial charge on any atom is -0.267 e. The average Bonchev–Trinajstić information content (AvgIpc) is 2.68. The molecule has 3 aromatic rings. The fourth-order valence-electron chi connectivity index (χ4n) is 1.91. The van der Waals surface area contributed by atoms with Crippen molar-refractivity contribution in [1.82, 2.24) is 19.0 Å². The van der Waals surface area contributed by atoms with Gasteiger partial charge in [-0.3, -0.25) is 4.79 Å². The van der Waals surface area contributed by atoms with Gasteiger partial charge in [0.15, 0.2) is 5.65 Å². The van der Waals surface area contributed by atoms with Crippen LogP contribution in [0.1, 0.15) is 0 Å². The fraction of sp³-hybridized carbons (Fsp3) is 0.0833. The number of halogens is 1. The van der Waals surface area contributed by atoms with Crippen LogP contribution in [0.4, 0.5) is 0 Å². The molecule has 3 rings (SSSR count). The van der Waals surface area contributed by atoms with Gasteiger partial charge < -0.3 is 0 Å². The summed E-state index contributed by atoms with van der Waals surface area (Å²) in [5.74, 6) is 0. The molecule has 7 heteroatoms. The van der Waals surface area contributed by atoms with Gasteiger partial charge in [-0.1, -0.05) is 11.6 Å². The Morgan fingerprint density at radius 1 is 1.05 bits per heavy atom. The maximum Gasteiger partial charge on any atom is 0.365 e. The van der Waals surface area contributed by atoms with Gasteiger partial charge in [0.1, 0.15) is 0 Å². The van der Waals surface area contributed by atoms with E-state index in [0.29, 0.717) is 16.4 Å². The highest BCUT2D eigenvalue weighted by molar-refractivity contribution is 6.30. The van der Waals surface area contributed by atoms with E-state index in [1.807, 2.05) is 0 Å². The Kier molecular flexibility index (Phi) is 2.53. The van der Waals surface area contributed by atoms with Crippen LogP contribution >= 0.6 is 11.6 Å². The quantitative estimate of drug-likeness (QED) is 0.662. The van der Waals surface area contributed by atoms with E-state index in [4.69, 9.17) is 11.6 Å². The third-order valence-corrected chi connectivity index (χ3v) is 3.03. The number of aromatic nitrogens is 4. The Morgan fingerprint density at radius 3 is 2.42 bits per heavy atom. The summed E-state index contributed by atoms with van der Waals surface area (Å²) in [6, 6.07) is 9.53. The first-order valence-electron chi connectivity index (χ1n) is 5.52. The van der Waals surface area contributed by atoms with E-state index >= 15 is 0 Å². The number of rotatable bonds is 1. The highest BCUT2D eigenvalue weighted by Crippen LogP contribution is 2.11. The van der Waals surface area contributed by atoms with Crippen LogP contribution in [0.5, 0.6) is 0 Å².